The maximum atomic E-state index is 13.2. The molecule has 192 valence electrons. The number of amides is 1. The van der Waals surface area contributed by atoms with Gasteiger partial charge in [-0.1, -0.05) is 11.6 Å². The molecule has 0 aliphatic carbocycles. The maximum absolute atomic E-state index is 13.2. The molecule has 0 saturated carbocycles. The fourth-order valence-electron chi connectivity index (χ4n) is 4.84. The van der Waals surface area contributed by atoms with Crippen LogP contribution in [-0.4, -0.2) is 82.4 Å². The zero-order valence-electron chi connectivity index (χ0n) is 19.7. The molecule has 5 rings (SSSR count). The first-order valence-corrected chi connectivity index (χ1v) is 13.5. The zero-order chi connectivity index (χ0) is 25.6. The van der Waals surface area contributed by atoms with Crippen molar-refractivity contribution in [2.45, 2.75) is 24.0 Å². The largest absolute Gasteiger partial charge is 0.372 e. The van der Waals surface area contributed by atoms with Gasteiger partial charge in [-0.15, -0.1) is 0 Å². The minimum absolute atomic E-state index is 0.0927. The molecule has 2 aliphatic rings. The Hall–Kier alpha value is -2.93. The van der Waals surface area contributed by atoms with Gasteiger partial charge in [0.05, 0.1) is 16.5 Å². The van der Waals surface area contributed by atoms with Crippen molar-refractivity contribution in [2.75, 3.05) is 37.6 Å². The molecule has 2 aromatic heterocycles. The number of aromatic amines is 1. The van der Waals surface area contributed by atoms with E-state index in [1.54, 1.807) is 25.4 Å². The number of anilines is 1. The van der Waals surface area contributed by atoms with Gasteiger partial charge in [0.2, 0.25) is 15.9 Å². The lowest BCUT2D eigenvalue weighted by molar-refractivity contribution is -0.150. The van der Waals surface area contributed by atoms with E-state index in [1.165, 1.54) is 32.1 Å². The molecule has 36 heavy (non-hydrogen) atoms. The Kier molecular flexibility index (Phi) is 6.54. The number of aliphatic hydroxyl groups is 1. The van der Waals surface area contributed by atoms with E-state index in [4.69, 9.17) is 11.6 Å². The lowest BCUT2D eigenvalue weighted by atomic mass is 9.95. The summed E-state index contributed by atoms with van der Waals surface area (Å²) >= 11 is 6.09. The van der Waals surface area contributed by atoms with E-state index >= 15 is 0 Å². The number of nitrogens with zero attached hydrogens (tertiary/aromatic N) is 5. The summed E-state index contributed by atoms with van der Waals surface area (Å²) in [6, 6.07) is 7.81. The smallest absolute Gasteiger partial charge is 0.266 e. The first-order valence-electron chi connectivity index (χ1n) is 11.7. The summed E-state index contributed by atoms with van der Waals surface area (Å²) in [6.07, 6.45) is 1.52. The fourth-order valence-corrected chi connectivity index (χ4v) is 6.52. The molecule has 4 heterocycles. The van der Waals surface area contributed by atoms with Crippen LogP contribution in [0.5, 0.6) is 0 Å². The number of H-pyrrole nitrogens is 1. The minimum Gasteiger partial charge on any atom is -0.372 e. The molecule has 0 bridgehead atoms. The van der Waals surface area contributed by atoms with E-state index in [0.717, 1.165) is 5.39 Å². The normalized spacial score (nSPS) is 20.2. The molecule has 13 heteroatoms. The second-order valence-corrected chi connectivity index (χ2v) is 11.5. The molecular weight excluding hydrogens is 508 g/mol. The second-order valence-electron chi connectivity index (χ2n) is 9.13. The van der Waals surface area contributed by atoms with Gasteiger partial charge in [-0.3, -0.25) is 9.59 Å². The number of benzene rings is 1. The van der Waals surface area contributed by atoms with Crippen LogP contribution in [0.3, 0.4) is 0 Å². The number of carbonyl (C=O) groups is 1. The van der Waals surface area contributed by atoms with Crippen LogP contribution in [0, 0.1) is 5.92 Å². The van der Waals surface area contributed by atoms with Crippen LogP contribution < -0.4 is 10.5 Å². The van der Waals surface area contributed by atoms with Crippen molar-refractivity contribution >= 4 is 44.3 Å². The molecular formula is C23H27ClN6O5S. The molecule has 2 saturated heterocycles. The first-order chi connectivity index (χ1) is 17.1. The van der Waals surface area contributed by atoms with Crippen LogP contribution in [0.2, 0.25) is 5.02 Å². The van der Waals surface area contributed by atoms with E-state index in [-0.39, 0.29) is 41.9 Å². The van der Waals surface area contributed by atoms with E-state index in [2.05, 4.69) is 10.1 Å². The van der Waals surface area contributed by atoms with E-state index < -0.39 is 16.3 Å². The number of rotatable bonds is 4. The topological polar surface area (TPSA) is 132 Å². The van der Waals surface area contributed by atoms with Crippen molar-refractivity contribution in [3.8, 4) is 0 Å². The number of aryl methyl sites for hydroxylation is 1. The number of halogens is 1. The SMILES string of the molecule is Cn1nc(N2CCC(C(=O)N3CCN(S(=O)(=O)c4ccc5c(Cl)c[nH]c5c4)CC3O)CC2)ccc1=O. The summed E-state index contributed by atoms with van der Waals surface area (Å²) in [6.45, 7) is 1.20. The van der Waals surface area contributed by atoms with Crippen molar-refractivity contribution in [1.29, 1.82) is 0 Å². The van der Waals surface area contributed by atoms with Gasteiger partial charge in [-0.25, -0.2) is 13.1 Å². The Balaban J connectivity index is 1.21. The van der Waals surface area contributed by atoms with Gasteiger partial charge in [0.1, 0.15) is 12.0 Å². The van der Waals surface area contributed by atoms with Crippen molar-refractivity contribution in [3.05, 3.63) is 51.9 Å². The average molecular weight is 535 g/mol. The lowest BCUT2D eigenvalue weighted by Crippen LogP contribution is -2.58. The summed E-state index contributed by atoms with van der Waals surface area (Å²) in [5, 5.41) is 16.2. The lowest BCUT2D eigenvalue weighted by Gasteiger charge is -2.41. The highest BCUT2D eigenvalue weighted by molar-refractivity contribution is 7.89. The average Bonchev–Trinajstić information content (AvgIpc) is 3.25. The highest BCUT2D eigenvalue weighted by atomic mass is 35.5. The fraction of sp³-hybridized carbons (Fsp3) is 0.435. The highest BCUT2D eigenvalue weighted by Gasteiger charge is 2.38. The third-order valence-corrected chi connectivity index (χ3v) is 9.13. The second kappa shape index (κ2) is 9.51. The van der Waals surface area contributed by atoms with Gasteiger partial charge in [-0.05, 0) is 37.1 Å². The predicted molar refractivity (Wildman–Crippen MR) is 134 cm³/mol. The summed E-state index contributed by atoms with van der Waals surface area (Å²) in [5.41, 5.74) is 0.419. The third kappa shape index (κ3) is 4.49. The van der Waals surface area contributed by atoms with Crippen molar-refractivity contribution in [3.63, 3.8) is 0 Å². The number of aromatic nitrogens is 3. The Morgan fingerprint density at radius 1 is 1.14 bits per heavy atom. The molecule has 0 radical (unpaired) electrons. The number of β-amino-alcohol motifs (C(OH)–C–C–N with tert-alkyl or cyclic N) is 1. The van der Waals surface area contributed by atoms with Crippen molar-refractivity contribution in [2.24, 2.45) is 13.0 Å². The molecule has 1 atom stereocenters. The molecule has 3 aromatic rings. The molecule has 0 spiro atoms. The molecule has 1 aromatic carbocycles. The third-order valence-electron chi connectivity index (χ3n) is 6.96. The van der Waals surface area contributed by atoms with E-state index in [0.29, 0.717) is 42.3 Å². The quantitative estimate of drug-likeness (QED) is 0.510. The maximum Gasteiger partial charge on any atom is 0.266 e. The van der Waals surface area contributed by atoms with Crippen LogP contribution in [0.25, 0.3) is 10.9 Å². The van der Waals surface area contributed by atoms with E-state index in [9.17, 15) is 23.1 Å². The number of nitrogens with one attached hydrogen (secondary N) is 1. The summed E-state index contributed by atoms with van der Waals surface area (Å²) in [7, 11) is -2.27. The molecule has 2 aliphatic heterocycles. The monoisotopic (exact) mass is 534 g/mol. The number of fused-ring (bicyclic) bond motifs is 1. The van der Waals surface area contributed by atoms with Gasteiger partial charge in [0, 0.05) is 62.3 Å². The number of carbonyl (C=O) groups excluding carboxylic acids is 1. The van der Waals surface area contributed by atoms with Gasteiger partial charge in [0.25, 0.3) is 5.56 Å². The predicted octanol–water partition coefficient (Wildman–Crippen LogP) is 0.983. The molecule has 2 N–H and O–H groups in total. The number of hydrogen-bond donors (Lipinski definition) is 2. The molecule has 11 nitrogen and oxygen atoms in total. The van der Waals surface area contributed by atoms with Crippen LogP contribution in [-0.2, 0) is 21.9 Å². The van der Waals surface area contributed by atoms with E-state index in [1.807, 2.05) is 4.90 Å². The molecule has 2 fully saturated rings. The van der Waals surface area contributed by atoms with Crippen molar-refractivity contribution < 1.29 is 18.3 Å². The number of aliphatic hydroxyl groups excluding tert-OH is 1. The van der Waals surface area contributed by atoms with Crippen LogP contribution in [0.4, 0.5) is 5.82 Å². The number of hydrogen-bond acceptors (Lipinski definition) is 7. The number of piperidine rings is 1. The Morgan fingerprint density at radius 2 is 1.89 bits per heavy atom. The molecule has 1 unspecified atom stereocenters. The van der Waals surface area contributed by atoms with Gasteiger partial charge >= 0.3 is 0 Å². The minimum atomic E-state index is -3.86. The van der Waals surface area contributed by atoms with Gasteiger partial charge < -0.3 is 19.9 Å². The van der Waals surface area contributed by atoms with Crippen LogP contribution in [0.1, 0.15) is 12.8 Å². The first kappa shape index (κ1) is 24.8. The standard InChI is InChI=1S/C23H27ClN6O5S/c1-27-21(31)5-4-20(26-27)28-8-6-15(7-9-28)23(33)30-11-10-29(14-22(30)32)36(34,35)16-2-3-17-18(24)13-25-19(17)12-16/h2-5,12-13,15,22,25,32H,6-11,14H2,1H3. The zero-order valence-corrected chi connectivity index (χ0v) is 21.2. The van der Waals surface area contributed by atoms with Gasteiger partial charge in [0.15, 0.2) is 0 Å². The molecule has 1 amide bonds. The highest BCUT2D eigenvalue weighted by Crippen LogP contribution is 2.29. The van der Waals surface area contributed by atoms with Gasteiger partial charge in [-0.2, -0.15) is 9.40 Å². The number of piperazine rings is 1. The van der Waals surface area contributed by atoms with Crippen LogP contribution in [0.15, 0.2) is 46.2 Å². The Morgan fingerprint density at radius 3 is 2.58 bits per heavy atom. The number of sulfonamides is 1. The summed E-state index contributed by atoms with van der Waals surface area (Å²) in [5.74, 6) is 0.239. The van der Waals surface area contributed by atoms with Crippen LogP contribution >= 0.6 is 11.6 Å². The summed E-state index contributed by atoms with van der Waals surface area (Å²) < 4.78 is 28.9. The Bertz CT molecular complexity index is 1460. The Labute approximate surface area is 212 Å². The summed E-state index contributed by atoms with van der Waals surface area (Å²) in [4.78, 5) is 31.2. The van der Waals surface area contributed by atoms with Crippen molar-refractivity contribution in [1.82, 2.24) is 24.0 Å².